The van der Waals surface area contributed by atoms with Gasteiger partial charge in [-0.1, -0.05) is 23.7 Å². The fourth-order valence-corrected chi connectivity index (χ4v) is 1.66. The molecule has 78 valence electrons. The van der Waals surface area contributed by atoms with Crippen LogP contribution in [0, 0.1) is 6.92 Å². The predicted molar refractivity (Wildman–Crippen MR) is 59.8 cm³/mol. The fraction of sp³-hybridized carbons (Fsp3) is 0.167. The van der Waals surface area contributed by atoms with Crippen molar-refractivity contribution in [2.24, 2.45) is 0 Å². The molecule has 1 N–H and O–H groups in total. The molecule has 0 bridgehead atoms. The lowest BCUT2D eigenvalue weighted by Crippen LogP contribution is -1.85. The molecule has 0 spiro atoms. The van der Waals surface area contributed by atoms with Crippen LogP contribution in [-0.4, -0.2) is 5.11 Å². The third-order valence-corrected chi connectivity index (χ3v) is 2.60. The number of hydrogen-bond acceptors (Lipinski definition) is 2. The van der Waals surface area contributed by atoms with Crippen molar-refractivity contribution in [2.45, 2.75) is 13.5 Å². The molecule has 0 amide bonds. The molecule has 1 aromatic heterocycles. The third kappa shape index (κ3) is 2.06. The van der Waals surface area contributed by atoms with Crippen molar-refractivity contribution in [2.75, 3.05) is 0 Å². The Labute approximate surface area is 93.1 Å². The molecule has 2 rings (SSSR count). The van der Waals surface area contributed by atoms with Gasteiger partial charge in [-0.3, -0.25) is 0 Å². The molecule has 0 aliphatic carbocycles. The van der Waals surface area contributed by atoms with Crippen LogP contribution in [0.25, 0.3) is 11.3 Å². The molecular formula is C12H11ClO2. The summed E-state index contributed by atoms with van der Waals surface area (Å²) in [6.45, 7) is 1.85. The maximum absolute atomic E-state index is 8.98. The zero-order valence-corrected chi connectivity index (χ0v) is 9.08. The lowest BCUT2D eigenvalue weighted by Gasteiger charge is -2.02. The quantitative estimate of drug-likeness (QED) is 0.845. The molecule has 0 radical (unpaired) electrons. The smallest absolute Gasteiger partial charge is 0.134 e. The summed E-state index contributed by atoms with van der Waals surface area (Å²) in [5.74, 6) is 1.66. The first-order valence-electron chi connectivity index (χ1n) is 4.67. The molecule has 1 heterocycles. The molecule has 0 aliphatic heterocycles. The summed E-state index contributed by atoms with van der Waals surface area (Å²) < 4.78 is 5.48. The van der Waals surface area contributed by atoms with Gasteiger partial charge >= 0.3 is 0 Å². The molecule has 15 heavy (non-hydrogen) atoms. The van der Waals surface area contributed by atoms with Crippen LogP contribution in [0.15, 0.2) is 34.7 Å². The highest BCUT2D eigenvalue weighted by atomic mass is 35.5. The molecule has 0 saturated carbocycles. The van der Waals surface area contributed by atoms with Gasteiger partial charge in [-0.15, -0.1) is 0 Å². The van der Waals surface area contributed by atoms with E-state index in [-0.39, 0.29) is 6.61 Å². The Morgan fingerprint density at radius 1 is 1.27 bits per heavy atom. The van der Waals surface area contributed by atoms with Crippen molar-refractivity contribution in [1.82, 2.24) is 0 Å². The number of aliphatic hydroxyl groups excluding tert-OH is 1. The van der Waals surface area contributed by atoms with Gasteiger partial charge < -0.3 is 9.52 Å². The van der Waals surface area contributed by atoms with Crippen molar-refractivity contribution >= 4 is 11.6 Å². The van der Waals surface area contributed by atoms with Crippen molar-refractivity contribution in [3.63, 3.8) is 0 Å². The SMILES string of the molecule is Cc1ccc(-c2ccc(CO)c(Cl)c2)o1. The minimum absolute atomic E-state index is 0.0453. The van der Waals surface area contributed by atoms with E-state index in [0.29, 0.717) is 5.02 Å². The van der Waals surface area contributed by atoms with Gasteiger partial charge in [0, 0.05) is 10.6 Å². The number of aryl methyl sites for hydroxylation is 1. The Balaban J connectivity index is 2.42. The summed E-state index contributed by atoms with van der Waals surface area (Å²) in [5, 5.41) is 9.54. The van der Waals surface area contributed by atoms with Gasteiger partial charge in [-0.2, -0.15) is 0 Å². The number of rotatable bonds is 2. The maximum Gasteiger partial charge on any atom is 0.134 e. The zero-order valence-electron chi connectivity index (χ0n) is 8.33. The monoisotopic (exact) mass is 222 g/mol. The zero-order chi connectivity index (χ0) is 10.8. The standard InChI is InChI=1S/C12H11ClO2/c1-8-2-5-12(15-8)9-3-4-10(7-14)11(13)6-9/h2-6,14H,7H2,1H3. The van der Waals surface area contributed by atoms with Gasteiger partial charge in [-0.05, 0) is 30.7 Å². The Morgan fingerprint density at radius 3 is 2.60 bits per heavy atom. The molecule has 3 heteroatoms. The van der Waals surface area contributed by atoms with E-state index in [9.17, 15) is 0 Å². The number of benzene rings is 1. The largest absolute Gasteiger partial charge is 0.461 e. The van der Waals surface area contributed by atoms with Crippen LogP contribution in [0.5, 0.6) is 0 Å². The van der Waals surface area contributed by atoms with Crippen molar-refractivity contribution in [3.05, 3.63) is 46.7 Å². The van der Waals surface area contributed by atoms with E-state index in [1.807, 2.05) is 25.1 Å². The van der Waals surface area contributed by atoms with E-state index in [1.54, 1.807) is 12.1 Å². The first-order chi connectivity index (χ1) is 7.20. The molecule has 0 saturated heterocycles. The Bertz CT molecular complexity index is 474. The third-order valence-electron chi connectivity index (χ3n) is 2.25. The summed E-state index contributed by atoms with van der Waals surface area (Å²) in [5.41, 5.74) is 1.65. The minimum Gasteiger partial charge on any atom is -0.461 e. The molecule has 2 nitrogen and oxygen atoms in total. The van der Waals surface area contributed by atoms with Crippen molar-refractivity contribution < 1.29 is 9.52 Å². The van der Waals surface area contributed by atoms with Crippen LogP contribution in [0.3, 0.4) is 0 Å². The van der Waals surface area contributed by atoms with E-state index in [2.05, 4.69) is 0 Å². The highest BCUT2D eigenvalue weighted by Crippen LogP contribution is 2.26. The van der Waals surface area contributed by atoms with Crippen molar-refractivity contribution in [3.8, 4) is 11.3 Å². The second-order valence-corrected chi connectivity index (χ2v) is 3.78. The Hall–Kier alpha value is -1.25. The molecule has 0 fully saturated rings. The predicted octanol–water partition coefficient (Wildman–Crippen LogP) is 3.40. The molecule has 0 aliphatic rings. The van der Waals surface area contributed by atoms with Gasteiger partial charge in [-0.25, -0.2) is 0 Å². The van der Waals surface area contributed by atoms with Gasteiger partial charge in [0.1, 0.15) is 11.5 Å². The van der Waals surface area contributed by atoms with Gasteiger partial charge in [0.05, 0.1) is 6.61 Å². The number of aliphatic hydroxyl groups is 1. The molecule has 2 aromatic rings. The summed E-state index contributed by atoms with van der Waals surface area (Å²) in [6, 6.07) is 9.29. The molecular weight excluding hydrogens is 212 g/mol. The second-order valence-electron chi connectivity index (χ2n) is 3.37. The van der Waals surface area contributed by atoms with Crippen LogP contribution in [0.4, 0.5) is 0 Å². The van der Waals surface area contributed by atoms with E-state index in [0.717, 1.165) is 22.6 Å². The van der Waals surface area contributed by atoms with Gasteiger partial charge in [0.2, 0.25) is 0 Å². The first-order valence-corrected chi connectivity index (χ1v) is 5.04. The maximum atomic E-state index is 8.98. The van der Waals surface area contributed by atoms with Gasteiger partial charge in [0.15, 0.2) is 0 Å². The van der Waals surface area contributed by atoms with E-state index in [4.69, 9.17) is 21.1 Å². The molecule has 1 aromatic carbocycles. The topological polar surface area (TPSA) is 33.4 Å². The second kappa shape index (κ2) is 4.09. The van der Waals surface area contributed by atoms with Crippen LogP contribution < -0.4 is 0 Å². The summed E-state index contributed by atoms with van der Waals surface area (Å²) in [7, 11) is 0. The molecule has 0 atom stereocenters. The number of hydrogen-bond donors (Lipinski definition) is 1. The van der Waals surface area contributed by atoms with Crippen molar-refractivity contribution in [1.29, 1.82) is 0 Å². The normalized spacial score (nSPS) is 10.6. The number of halogens is 1. The average Bonchev–Trinajstić information content (AvgIpc) is 2.65. The van der Waals surface area contributed by atoms with Crippen LogP contribution in [0.1, 0.15) is 11.3 Å². The first kappa shape index (κ1) is 10.3. The minimum atomic E-state index is -0.0453. The van der Waals surface area contributed by atoms with Crippen LogP contribution in [0.2, 0.25) is 5.02 Å². The van der Waals surface area contributed by atoms with Crippen LogP contribution in [-0.2, 0) is 6.61 Å². The lowest BCUT2D eigenvalue weighted by atomic mass is 10.1. The van der Waals surface area contributed by atoms with E-state index < -0.39 is 0 Å². The lowest BCUT2D eigenvalue weighted by molar-refractivity contribution is 0.282. The summed E-state index contributed by atoms with van der Waals surface area (Å²) in [4.78, 5) is 0. The Kier molecular flexibility index (Phi) is 2.80. The average molecular weight is 223 g/mol. The fourth-order valence-electron chi connectivity index (χ4n) is 1.42. The molecule has 0 unspecified atom stereocenters. The summed E-state index contributed by atoms with van der Waals surface area (Å²) in [6.07, 6.45) is 0. The van der Waals surface area contributed by atoms with E-state index >= 15 is 0 Å². The number of furan rings is 1. The highest BCUT2D eigenvalue weighted by molar-refractivity contribution is 6.31. The van der Waals surface area contributed by atoms with Gasteiger partial charge in [0.25, 0.3) is 0 Å². The Morgan fingerprint density at radius 2 is 2.07 bits per heavy atom. The van der Waals surface area contributed by atoms with E-state index in [1.165, 1.54) is 0 Å². The summed E-state index contributed by atoms with van der Waals surface area (Å²) >= 11 is 5.98. The highest BCUT2D eigenvalue weighted by Gasteiger charge is 2.05. The van der Waals surface area contributed by atoms with Crippen LogP contribution >= 0.6 is 11.6 Å².